The maximum atomic E-state index is 5.54. The highest BCUT2D eigenvalue weighted by molar-refractivity contribution is 4.89. The normalized spacial score (nSPS) is 32.8. The Morgan fingerprint density at radius 3 is 2.29 bits per heavy atom. The van der Waals surface area contributed by atoms with Gasteiger partial charge in [0, 0.05) is 34.9 Å². The van der Waals surface area contributed by atoms with Crippen LogP contribution in [0.15, 0.2) is 0 Å². The molecule has 0 radical (unpaired) electrons. The molecule has 14 heavy (non-hydrogen) atoms. The topological polar surface area (TPSA) is 46.2 Å². The van der Waals surface area contributed by atoms with Gasteiger partial charge in [-0.05, 0) is 0 Å². The third kappa shape index (κ3) is 1.78. The van der Waals surface area contributed by atoms with Gasteiger partial charge in [0.15, 0.2) is 0 Å². The van der Waals surface area contributed by atoms with E-state index in [1.807, 2.05) is 0 Å². The summed E-state index contributed by atoms with van der Waals surface area (Å²) in [6, 6.07) is 0. The van der Waals surface area contributed by atoms with Crippen molar-refractivity contribution in [3.05, 3.63) is 0 Å². The lowest BCUT2D eigenvalue weighted by Crippen LogP contribution is -2.54. The molecule has 0 amide bonds. The maximum absolute atomic E-state index is 5.54. The quantitative estimate of drug-likeness (QED) is 0.609. The maximum Gasteiger partial charge on any atom is 0.247 e. The summed E-state index contributed by atoms with van der Waals surface area (Å²) < 4.78 is 26.5. The van der Waals surface area contributed by atoms with E-state index >= 15 is 0 Å². The molecule has 2 atom stereocenters. The van der Waals surface area contributed by atoms with Gasteiger partial charge in [0.1, 0.15) is 6.10 Å². The summed E-state index contributed by atoms with van der Waals surface area (Å²) in [6.07, 6.45) is 0.0189. The Balaban J connectivity index is 2.82. The molecule has 1 saturated heterocycles. The third-order valence-electron chi connectivity index (χ3n) is 2.52. The molecule has 0 saturated carbocycles. The van der Waals surface area contributed by atoms with Crippen LogP contribution >= 0.6 is 0 Å². The Morgan fingerprint density at radius 2 is 1.86 bits per heavy atom. The number of ether oxygens (including phenoxy) is 5. The second kappa shape index (κ2) is 5.04. The first kappa shape index (κ1) is 11.9. The van der Waals surface area contributed by atoms with Gasteiger partial charge in [-0.15, -0.1) is 0 Å². The van der Waals surface area contributed by atoms with Gasteiger partial charge in [0.25, 0.3) is 0 Å². The van der Waals surface area contributed by atoms with Crippen LogP contribution in [0, 0.1) is 0 Å². The fraction of sp³-hybridized carbons (Fsp3) is 1.00. The molecular formula is C9H18O5. The second-order valence-corrected chi connectivity index (χ2v) is 3.09. The van der Waals surface area contributed by atoms with Crippen LogP contribution in [0.5, 0.6) is 0 Å². The average Bonchev–Trinajstić information content (AvgIpc) is 2.64. The van der Waals surface area contributed by atoms with Crippen LogP contribution in [0.3, 0.4) is 0 Å². The van der Waals surface area contributed by atoms with Gasteiger partial charge in [0.2, 0.25) is 12.1 Å². The Kier molecular flexibility index (Phi) is 4.28. The Labute approximate surface area is 84.2 Å². The highest BCUT2D eigenvalue weighted by atomic mass is 16.8. The van der Waals surface area contributed by atoms with Crippen LogP contribution in [0.4, 0.5) is 0 Å². The van der Waals surface area contributed by atoms with E-state index in [9.17, 15) is 0 Å². The van der Waals surface area contributed by atoms with E-state index in [4.69, 9.17) is 23.7 Å². The summed E-state index contributed by atoms with van der Waals surface area (Å²) in [6.45, 7) is 0.579. The Hall–Kier alpha value is -0.200. The van der Waals surface area contributed by atoms with Crippen molar-refractivity contribution in [3.63, 3.8) is 0 Å². The molecule has 5 heteroatoms. The van der Waals surface area contributed by atoms with E-state index in [1.54, 1.807) is 28.4 Å². The number of rotatable bonds is 5. The fourth-order valence-electron chi connectivity index (χ4n) is 1.83. The molecule has 0 aromatic heterocycles. The van der Waals surface area contributed by atoms with E-state index in [1.165, 1.54) is 0 Å². The van der Waals surface area contributed by atoms with Gasteiger partial charge < -0.3 is 23.7 Å². The molecule has 2 unspecified atom stereocenters. The third-order valence-corrected chi connectivity index (χ3v) is 2.52. The molecule has 1 heterocycles. The molecule has 84 valence electrons. The van der Waals surface area contributed by atoms with Crippen LogP contribution in [-0.4, -0.2) is 53.2 Å². The summed E-state index contributed by atoms with van der Waals surface area (Å²) in [7, 11) is 6.27. The molecular weight excluding hydrogens is 188 g/mol. The number of hydrogen-bond acceptors (Lipinski definition) is 5. The number of hydrogen-bond donors (Lipinski definition) is 0. The van der Waals surface area contributed by atoms with E-state index in [2.05, 4.69) is 0 Å². The molecule has 0 aromatic carbocycles. The van der Waals surface area contributed by atoms with Crippen molar-refractivity contribution in [2.45, 2.75) is 24.6 Å². The van der Waals surface area contributed by atoms with Gasteiger partial charge >= 0.3 is 0 Å². The van der Waals surface area contributed by atoms with Gasteiger partial charge in [0.05, 0.1) is 6.61 Å². The zero-order valence-corrected chi connectivity index (χ0v) is 9.11. The lowest BCUT2D eigenvalue weighted by molar-refractivity contribution is -0.342. The Bertz CT molecular complexity index is 171. The molecule has 1 aliphatic rings. The lowest BCUT2D eigenvalue weighted by atomic mass is 10.1. The zero-order chi connectivity index (χ0) is 10.6. The predicted octanol–water partition coefficient (Wildman–Crippen LogP) is 0.383. The first-order valence-electron chi connectivity index (χ1n) is 4.52. The molecule has 0 N–H and O–H groups in total. The standard InChI is InChI=1S/C9H18O5/c1-10-7-5-6-14-9(7,13-4)8(11-2)12-3/h7-8H,5-6H2,1-4H3. The van der Waals surface area contributed by atoms with Crippen molar-refractivity contribution >= 4 is 0 Å². The number of methoxy groups -OCH3 is 4. The van der Waals surface area contributed by atoms with Crippen molar-refractivity contribution in [3.8, 4) is 0 Å². The van der Waals surface area contributed by atoms with Gasteiger partial charge in [-0.25, -0.2) is 0 Å². The average molecular weight is 206 g/mol. The monoisotopic (exact) mass is 206 g/mol. The summed E-state index contributed by atoms with van der Waals surface area (Å²) in [4.78, 5) is 0. The molecule has 1 fully saturated rings. The van der Waals surface area contributed by atoms with Crippen LogP contribution in [0.2, 0.25) is 0 Å². The van der Waals surface area contributed by atoms with E-state index in [0.717, 1.165) is 6.42 Å². The highest BCUT2D eigenvalue weighted by Gasteiger charge is 2.52. The molecule has 0 bridgehead atoms. The molecule has 0 aliphatic carbocycles. The predicted molar refractivity (Wildman–Crippen MR) is 48.9 cm³/mol. The van der Waals surface area contributed by atoms with Crippen LogP contribution < -0.4 is 0 Å². The zero-order valence-electron chi connectivity index (χ0n) is 9.11. The first-order chi connectivity index (χ1) is 6.75. The lowest BCUT2D eigenvalue weighted by Gasteiger charge is -2.36. The fourth-order valence-corrected chi connectivity index (χ4v) is 1.83. The van der Waals surface area contributed by atoms with Crippen molar-refractivity contribution < 1.29 is 23.7 Å². The minimum Gasteiger partial charge on any atom is -0.376 e. The van der Waals surface area contributed by atoms with Crippen LogP contribution in [0.1, 0.15) is 6.42 Å². The smallest absolute Gasteiger partial charge is 0.247 e. The van der Waals surface area contributed by atoms with E-state index < -0.39 is 12.1 Å². The van der Waals surface area contributed by atoms with Crippen molar-refractivity contribution in [2.75, 3.05) is 35.0 Å². The largest absolute Gasteiger partial charge is 0.376 e. The molecule has 1 rings (SSSR count). The minimum absolute atomic E-state index is 0.169. The summed E-state index contributed by atoms with van der Waals surface area (Å²) in [5, 5.41) is 0. The summed E-state index contributed by atoms with van der Waals surface area (Å²) >= 11 is 0. The summed E-state index contributed by atoms with van der Waals surface area (Å²) in [5.41, 5.74) is 0. The first-order valence-corrected chi connectivity index (χ1v) is 4.52. The molecule has 0 aromatic rings. The van der Waals surface area contributed by atoms with Crippen molar-refractivity contribution in [1.29, 1.82) is 0 Å². The summed E-state index contributed by atoms with van der Waals surface area (Å²) in [5.74, 6) is -0.946. The van der Waals surface area contributed by atoms with E-state index in [0.29, 0.717) is 6.61 Å². The SMILES string of the molecule is COC1CCOC1(OC)C(OC)OC. The van der Waals surface area contributed by atoms with Gasteiger partial charge in [-0.1, -0.05) is 0 Å². The Morgan fingerprint density at radius 1 is 1.21 bits per heavy atom. The van der Waals surface area contributed by atoms with Gasteiger partial charge in [-0.3, -0.25) is 0 Å². The van der Waals surface area contributed by atoms with E-state index in [-0.39, 0.29) is 6.10 Å². The van der Waals surface area contributed by atoms with Crippen molar-refractivity contribution in [2.24, 2.45) is 0 Å². The molecule has 1 aliphatic heterocycles. The second-order valence-electron chi connectivity index (χ2n) is 3.09. The van der Waals surface area contributed by atoms with Crippen LogP contribution in [0.25, 0.3) is 0 Å². The highest BCUT2D eigenvalue weighted by Crippen LogP contribution is 2.34. The molecule has 0 spiro atoms. The van der Waals surface area contributed by atoms with Crippen LogP contribution in [-0.2, 0) is 23.7 Å². The van der Waals surface area contributed by atoms with Gasteiger partial charge in [-0.2, -0.15) is 0 Å². The minimum atomic E-state index is -0.946. The molecule has 5 nitrogen and oxygen atoms in total. The van der Waals surface area contributed by atoms with Crippen molar-refractivity contribution in [1.82, 2.24) is 0 Å².